The van der Waals surface area contributed by atoms with E-state index < -0.39 is 46.9 Å². The molecule has 3 saturated carbocycles. The summed E-state index contributed by atoms with van der Waals surface area (Å²) < 4.78 is 45.8. The van der Waals surface area contributed by atoms with Gasteiger partial charge in [0.1, 0.15) is 23.0 Å². The van der Waals surface area contributed by atoms with Crippen molar-refractivity contribution in [2.24, 2.45) is 7.05 Å². The quantitative estimate of drug-likeness (QED) is 0.542. The van der Waals surface area contributed by atoms with Gasteiger partial charge in [-0.1, -0.05) is 11.6 Å². The summed E-state index contributed by atoms with van der Waals surface area (Å²) in [5.74, 6) is -1.51. The van der Waals surface area contributed by atoms with Gasteiger partial charge in [-0.2, -0.15) is 5.10 Å². The van der Waals surface area contributed by atoms with Crippen molar-refractivity contribution in [3.05, 3.63) is 46.5 Å². The van der Waals surface area contributed by atoms with Crippen LogP contribution in [0.15, 0.2) is 24.3 Å². The van der Waals surface area contributed by atoms with E-state index in [2.05, 4.69) is 15.7 Å². The van der Waals surface area contributed by atoms with Crippen LogP contribution in [0.5, 0.6) is 5.75 Å². The van der Waals surface area contributed by atoms with Crippen LogP contribution >= 0.6 is 11.6 Å². The average molecular weight is 501 g/mol. The minimum absolute atomic E-state index is 0.0247. The van der Waals surface area contributed by atoms with E-state index in [1.54, 1.807) is 0 Å². The first-order valence-electron chi connectivity index (χ1n) is 10.7. The number of aromatic nitrogens is 2. The highest BCUT2D eigenvalue weighted by Crippen LogP contribution is 2.47. The van der Waals surface area contributed by atoms with Crippen molar-refractivity contribution >= 4 is 23.4 Å². The topological polar surface area (TPSA) is 105 Å². The second-order valence-corrected chi connectivity index (χ2v) is 9.31. The molecule has 2 aromatic rings. The molecule has 0 radical (unpaired) electrons. The molecule has 12 heteroatoms. The molecule has 1 aromatic heterocycles. The van der Waals surface area contributed by atoms with Crippen LogP contribution in [0, 0.1) is 5.82 Å². The summed E-state index contributed by atoms with van der Waals surface area (Å²) in [5.41, 5.74) is -2.10. The number of rotatable bonds is 7. The van der Waals surface area contributed by atoms with Crippen molar-refractivity contribution < 1.29 is 32.6 Å². The number of benzene rings is 1. The van der Waals surface area contributed by atoms with Crippen LogP contribution in [0.1, 0.15) is 54.7 Å². The molecule has 184 valence electrons. The molecule has 3 aliphatic rings. The molecule has 8 nitrogen and oxygen atoms in total. The van der Waals surface area contributed by atoms with Crippen molar-refractivity contribution in [1.29, 1.82) is 0 Å². The zero-order valence-corrected chi connectivity index (χ0v) is 19.0. The van der Waals surface area contributed by atoms with E-state index >= 15 is 0 Å². The number of halogens is 4. The second kappa shape index (κ2) is 9.10. The van der Waals surface area contributed by atoms with Gasteiger partial charge in [-0.05, 0) is 50.3 Å². The molecule has 3 aliphatic carbocycles. The van der Waals surface area contributed by atoms with Crippen LogP contribution < -0.4 is 15.4 Å². The van der Waals surface area contributed by atoms with Crippen LogP contribution in [0.3, 0.4) is 0 Å². The maximum atomic E-state index is 13.5. The number of fused-ring (bicyclic) bond motifs is 3. The number of hydrogen-bond acceptors (Lipinski definition) is 5. The Morgan fingerprint density at radius 3 is 2.56 bits per heavy atom. The number of carbonyl (C=O) groups is 2. The number of ether oxygens (including phenoxy) is 1. The van der Waals surface area contributed by atoms with Crippen molar-refractivity contribution in [2.75, 3.05) is 6.61 Å². The molecule has 3 fully saturated rings. The predicted octanol–water partition coefficient (Wildman–Crippen LogP) is 2.89. The zero-order chi connectivity index (χ0) is 24.7. The van der Waals surface area contributed by atoms with E-state index in [1.165, 1.54) is 19.2 Å². The van der Waals surface area contributed by atoms with Gasteiger partial charge in [0.05, 0.1) is 16.7 Å². The third kappa shape index (κ3) is 4.72. The summed E-state index contributed by atoms with van der Waals surface area (Å²) in [4.78, 5) is 25.3. The number of nitrogens with zero attached hydrogens (tertiary/aromatic N) is 2. The first-order chi connectivity index (χ1) is 16.0. The number of aliphatic hydroxyl groups is 1. The average Bonchev–Trinajstić information content (AvgIpc) is 3.18. The molecular weight excluding hydrogens is 477 g/mol. The molecule has 0 spiro atoms. The highest BCUT2D eigenvalue weighted by molar-refractivity contribution is 6.30. The molecule has 0 aliphatic heterocycles. The number of aryl methyl sites for hydroxylation is 1. The Morgan fingerprint density at radius 2 is 1.97 bits per heavy atom. The first kappa shape index (κ1) is 24.3. The van der Waals surface area contributed by atoms with Gasteiger partial charge in [0.2, 0.25) is 0 Å². The second-order valence-electron chi connectivity index (χ2n) is 8.90. The van der Waals surface area contributed by atoms with E-state index in [9.17, 15) is 27.9 Å². The molecule has 0 saturated heterocycles. The molecule has 1 atom stereocenters. The Balaban J connectivity index is 1.36. The number of aliphatic hydroxyl groups excluding tert-OH is 1. The fourth-order valence-corrected chi connectivity index (χ4v) is 4.93. The first-order valence-corrected chi connectivity index (χ1v) is 11.1. The van der Waals surface area contributed by atoms with Crippen LogP contribution in [0.4, 0.5) is 13.2 Å². The van der Waals surface area contributed by atoms with Crippen molar-refractivity contribution in [3.63, 3.8) is 0 Å². The molecule has 3 N–H and O–H groups in total. The molecule has 34 heavy (non-hydrogen) atoms. The highest BCUT2D eigenvalue weighted by atomic mass is 35.5. The lowest BCUT2D eigenvalue weighted by atomic mass is 9.60. The highest BCUT2D eigenvalue weighted by Gasteiger charge is 2.55. The van der Waals surface area contributed by atoms with Crippen molar-refractivity contribution in [3.8, 4) is 5.75 Å². The van der Waals surface area contributed by atoms with Crippen LogP contribution in [-0.2, 0) is 11.8 Å². The molecule has 1 heterocycles. The lowest BCUT2D eigenvalue weighted by Crippen LogP contribution is -2.70. The minimum Gasteiger partial charge on any atom is -0.484 e. The Morgan fingerprint density at radius 1 is 1.26 bits per heavy atom. The standard InChI is InChI=1S/C22H24ClF3N4O4/c1-30-16(9-15(29-30)19(25)26)20(33)28-22-6-4-21(5-7-22,10-17(22)31)27-18(32)11-34-12-2-3-13(23)14(24)8-12/h2-3,8-9,17,19,31H,4-7,10-11H2,1H3,(H,27,32)(H,28,33)/t17-,21?,22?/m0/s1. The lowest BCUT2D eigenvalue weighted by molar-refractivity contribution is -0.129. The van der Waals surface area contributed by atoms with Gasteiger partial charge in [-0.3, -0.25) is 14.3 Å². The fraction of sp³-hybridized carbons (Fsp3) is 0.500. The number of alkyl halides is 2. The molecule has 2 bridgehead atoms. The van der Waals surface area contributed by atoms with E-state index in [0.717, 1.165) is 16.8 Å². The summed E-state index contributed by atoms with van der Waals surface area (Å²) in [7, 11) is 1.40. The molecule has 2 amide bonds. The Kier molecular flexibility index (Phi) is 6.52. The van der Waals surface area contributed by atoms with E-state index in [1.807, 2.05) is 0 Å². The molecule has 1 aromatic carbocycles. The monoisotopic (exact) mass is 500 g/mol. The Labute approximate surface area is 198 Å². The number of carbonyl (C=O) groups excluding carboxylic acids is 2. The number of nitrogens with one attached hydrogen (secondary N) is 2. The fourth-order valence-electron chi connectivity index (χ4n) is 4.81. The summed E-state index contributed by atoms with van der Waals surface area (Å²) in [6, 6.07) is 4.90. The van der Waals surface area contributed by atoms with Gasteiger partial charge in [0.15, 0.2) is 6.61 Å². The van der Waals surface area contributed by atoms with E-state index in [0.29, 0.717) is 25.7 Å². The van der Waals surface area contributed by atoms with Gasteiger partial charge in [0.25, 0.3) is 18.2 Å². The third-order valence-electron chi connectivity index (χ3n) is 6.70. The molecule has 5 rings (SSSR count). The van der Waals surface area contributed by atoms with Crippen molar-refractivity contribution in [2.45, 2.75) is 55.7 Å². The smallest absolute Gasteiger partial charge is 0.282 e. The van der Waals surface area contributed by atoms with Gasteiger partial charge >= 0.3 is 0 Å². The van der Waals surface area contributed by atoms with Crippen molar-refractivity contribution in [1.82, 2.24) is 20.4 Å². The van der Waals surface area contributed by atoms with Gasteiger partial charge in [-0.25, -0.2) is 13.2 Å². The summed E-state index contributed by atoms with van der Waals surface area (Å²) in [6.07, 6.45) is -1.76. The largest absolute Gasteiger partial charge is 0.484 e. The Hall–Kier alpha value is -2.79. The van der Waals surface area contributed by atoms with E-state index in [-0.39, 0.29) is 29.5 Å². The lowest BCUT2D eigenvalue weighted by Gasteiger charge is -2.56. The maximum Gasteiger partial charge on any atom is 0.282 e. The molecule has 0 unspecified atom stereocenters. The zero-order valence-electron chi connectivity index (χ0n) is 18.3. The normalized spacial score (nSPS) is 25.9. The van der Waals surface area contributed by atoms with Crippen LogP contribution in [0.2, 0.25) is 5.02 Å². The summed E-state index contributed by atoms with van der Waals surface area (Å²) >= 11 is 5.63. The predicted molar refractivity (Wildman–Crippen MR) is 115 cm³/mol. The number of amides is 2. The SMILES string of the molecule is Cn1nc(C(F)F)cc1C(=O)NC12CCC(NC(=O)COc3ccc(Cl)c(F)c3)(CC1)C[C@@H]2O. The van der Waals surface area contributed by atoms with Gasteiger partial charge < -0.3 is 20.5 Å². The van der Waals surface area contributed by atoms with Gasteiger partial charge in [-0.15, -0.1) is 0 Å². The van der Waals surface area contributed by atoms with Crippen LogP contribution in [0.25, 0.3) is 0 Å². The summed E-state index contributed by atoms with van der Waals surface area (Å²) in [5, 5.41) is 20.2. The minimum atomic E-state index is -2.80. The van der Waals surface area contributed by atoms with Crippen LogP contribution in [-0.4, -0.2) is 50.5 Å². The number of hydrogen-bond donors (Lipinski definition) is 3. The summed E-state index contributed by atoms with van der Waals surface area (Å²) in [6.45, 7) is -0.340. The third-order valence-corrected chi connectivity index (χ3v) is 7.01. The molecular formula is C22H24ClF3N4O4. The van der Waals surface area contributed by atoms with E-state index in [4.69, 9.17) is 16.3 Å². The Bertz CT molecular complexity index is 1100. The van der Waals surface area contributed by atoms with Gasteiger partial charge in [0, 0.05) is 18.7 Å². The maximum absolute atomic E-state index is 13.5.